The summed E-state index contributed by atoms with van der Waals surface area (Å²) in [6.07, 6.45) is 3.68. The number of amides is 1. The first-order chi connectivity index (χ1) is 14.1. The lowest BCUT2D eigenvalue weighted by Gasteiger charge is -2.38. The molecule has 5 heteroatoms. The van der Waals surface area contributed by atoms with Crippen LogP contribution in [0.3, 0.4) is 0 Å². The number of benzene rings is 2. The van der Waals surface area contributed by atoms with Gasteiger partial charge in [0, 0.05) is 31.7 Å². The van der Waals surface area contributed by atoms with E-state index in [0.717, 1.165) is 37.1 Å². The normalized spacial score (nSPS) is 17.2. The molecule has 0 aliphatic carbocycles. The number of hydrogen-bond acceptors (Lipinski definition) is 3. The lowest BCUT2D eigenvalue weighted by Crippen LogP contribution is -2.46. The zero-order valence-electron chi connectivity index (χ0n) is 17.2. The molecule has 1 aliphatic heterocycles. The molecule has 0 radical (unpaired) electrons. The van der Waals surface area contributed by atoms with Crippen LogP contribution in [0.15, 0.2) is 54.9 Å². The highest BCUT2D eigenvalue weighted by atomic mass is 16.5. The fourth-order valence-electron chi connectivity index (χ4n) is 4.20. The van der Waals surface area contributed by atoms with Crippen LogP contribution < -0.4 is 5.32 Å². The van der Waals surface area contributed by atoms with E-state index in [4.69, 9.17) is 4.74 Å². The third-order valence-corrected chi connectivity index (χ3v) is 6.16. The fourth-order valence-corrected chi connectivity index (χ4v) is 4.20. The average molecular weight is 392 g/mol. The highest BCUT2D eigenvalue weighted by Gasteiger charge is 2.35. The third kappa shape index (κ3) is 4.20. The van der Waals surface area contributed by atoms with Gasteiger partial charge in [0.05, 0.1) is 23.3 Å². The summed E-state index contributed by atoms with van der Waals surface area (Å²) < 4.78 is 7.67. The molecule has 0 saturated carbocycles. The van der Waals surface area contributed by atoms with Crippen LogP contribution in [0.1, 0.15) is 30.9 Å². The number of hydrogen-bond donors (Lipinski definition) is 1. The number of aryl methyl sites for hydroxylation is 1. The van der Waals surface area contributed by atoms with Gasteiger partial charge in [-0.25, -0.2) is 4.98 Å². The van der Waals surface area contributed by atoms with Crippen LogP contribution in [0.25, 0.3) is 11.0 Å². The Labute approximate surface area is 172 Å². The molecule has 1 aromatic heterocycles. The molecule has 1 N–H and O–H groups in total. The molecule has 4 rings (SSSR count). The minimum Gasteiger partial charge on any atom is -0.381 e. The number of nitrogens with one attached hydrogen (secondary N) is 1. The Bertz CT molecular complexity index is 971. The quantitative estimate of drug-likeness (QED) is 0.694. The zero-order valence-corrected chi connectivity index (χ0v) is 17.2. The summed E-state index contributed by atoms with van der Waals surface area (Å²) in [6.45, 7) is 6.82. The van der Waals surface area contributed by atoms with Crippen molar-refractivity contribution >= 4 is 16.9 Å². The lowest BCUT2D eigenvalue weighted by atomic mass is 9.74. The van der Waals surface area contributed by atoms with Crippen LogP contribution >= 0.6 is 0 Å². The fraction of sp³-hybridized carbons (Fsp3) is 0.417. The lowest BCUT2D eigenvalue weighted by molar-refractivity contribution is -0.125. The standard InChI is InChI=1S/C24H29N3O2/c1-18-7-9-20(10-8-18)24(11-13-29-14-12-24)16-25-23(28)19(2)15-27-17-26-21-5-3-4-6-22(21)27/h3-10,17,19H,11-16H2,1-2H3,(H,25,28). The molecule has 29 heavy (non-hydrogen) atoms. The first kappa shape index (κ1) is 19.6. The summed E-state index contributed by atoms with van der Waals surface area (Å²) in [6, 6.07) is 16.7. The highest BCUT2D eigenvalue weighted by molar-refractivity contribution is 5.79. The first-order valence-corrected chi connectivity index (χ1v) is 10.4. The Morgan fingerprint density at radius 2 is 1.90 bits per heavy atom. The van der Waals surface area contributed by atoms with Crippen molar-refractivity contribution in [1.82, 2.24) is 14.9 Å². The molecule has 152 valence electrons. The number of nitrogens with zero attached hydrogens (tertiary/aromatic N) is 2. The number of carbonyl (C=O) groups excluding carboxylic acids is 1. The van der Waals surface area contributed by atoms with Crippen LogP contribution in [-0.4, -0.2) is 35.2 Å². The van der Waals surface area contributed by atoms with Gasteiger partial charge in [-0.2, -0.15) is 0 Å². The minimum absolute atomic E-state index is 0.0525. The summed E-state index contributed by atoms with van der Waals surface area (Å²) in [4.78, 5) is 17.3. The molecule has 0 spiro atoms. The Morgan fingerprint density at radius 1 is 1.17 bits per heavy atom. The van der Waals surface area contributed by atoms with Gasteiger partial charge in [-0.3, -0.25) is 4.79 Å². The first-order valence-electron chi connectivity index (χ1n) is 10.4. The van der Waals surface area contributed by atoms with Gasteiger partial charge in [0.2, 0.25) is 5.91 Å². The summed E-state index contributed by atoms with van der Waals surface area (Å²) >= 11 is 0. The third-order valence-electron chi connectivity index (χ3n) is 6.16. The van der Waals surface area contributed by atoms with Crippen molar-refractivity contribution in [3.05, 3.63) is 66.0 Å². The molecular formula is C24H29N3O2. The minimum atomic E-state index is -0.137. The van der Waals surface area contributed by atoms with E-state index < -0.39 is 0 Å². The Kier molecular flexibility index (Phi) is 5.67. The monoisotopic (exact) mass is 391 g/mol. The van der Waals surface area contributed by atoms with Crippen LogP contribution in [0.4, 0.5) is 0 Å². The molecule has 2 heterocycles. The van der Waals surface area contributed by atoms with Gasteiger partial charge >= 0.3 is 0 Å². The van der Waals surface area contributed by atoms with Gasteiger partial charge in [-0.05, 0) is 37.5 Å². The van der Waals surface area contributed by atoms with E-state index in [2.05, 4.69) is 46.1 Å². The maximum atomic E-state index is 12.9. The second-order valence-corrected chi connectivity index (χ2v) is 8.26. The molecule has 5 nitrogen and oxygen atoms in total. The van der Waals surface area contributed by atoms with E-state index in [0.29, 0.717) is 13.1 Å². The molecule has 1 aliphatic rings. The SMILES string of the molecule is Cc1ccc(C2(CNC(=O)C(C)Cn3cnc4ccccc43)CCOCC2)cc1. The van der Waals surface area contributed by atoms with E-state index in [9.17, 15) is 4.79 Å². The van der Waals surface area contributed by atoms with E-state index >= 15 is 0 Å². The van der Waals surface area contributed by atoms with E-state index in [1.807, 2.05) is 37.5 Å². The van der Waals surface area contributed by atoms with E-state index in [1.54, 1.807) is 0 Å². The topological polar surface area (TPSA) is 56.2 Å². The van der Waals surface area contributed by atoms with Gasteiger partial charge in [0.15, 0.2) is 0 Å². The van der Waals surface area contributed by atoms with Crippen LogP contribution in [0.5, 0.6) is 0 Å². The van der Waals surface area contributed by atoms with Crippen LogP contribution in [-0.2, 0) is 21.5 Å². The Hall–Kier alpha value is -2.66. The molecular weight excluding hydrogens is 362 g/mol. The Balaban J connectivity index is 1.44. The van der Waals surface area contributed by atoms with Gasteiger partial charge in [0.25, 0.3) is 0 Å². The smallest absolute Gasteiger partial charge is 0.224 e. The maximum Gasteiger partial charge on any atom is 0.224 e. The molecule has 2 aromatic carbocycles. The van der Waals surface area contributed by atoms with Crippen molar-refractivity contribution in [2.24, 2.45) is 5.92 Å². The van der Waals surface area contributed by atoms with Gasteiger partial charge in [-0.1, -0.05) is 48.9 Å². The van der Waals surface area contributed by atoms with Crippen LogP contribution in [0.2, 0.25) is 0 Å². The predicted octanol–water partition coefficient (Wildman–Crippen LogP) is 3.85. The van der Waals surface area contributed by atoms with Gasteiger partial charge in [-0.15, -0.1) is 0 Å². The van der Waals surface area contributed by atoms with Crippen molar-refractivity contribution in [3.63, 3.8) is 0 Å². The second-order valence-electron chi connectivity index (χ2n) is 8.26. The number of ether oxygens (including phenoxy) is 1. The van der Waals surface area contributed by atoms with Crippen LogP contribution in [0, 0.1) is 12.8 Å². The molecule has 1 unspecified atom stereocenters. The van der Waals surface area contributed by atoms with Gasteiger partial charge < -0.3 is 14.6 Å². The van der Waals surface area contributed by atoms with Gasteiger partial charge in [0.1, 0.15) is 0 Å². The predicted molar refractivity (Wildman–Crippen MR) is 115 cm³/mol. The maximum absolute atomic E-state index is 12.9. The molecule has 1 atom stereocenters. The number of fused-ring (bicyclic) bond motifs is 1. The number of para-hydroxylation sites is 2. The number of imidazole rings is 1. The number of rotatable bonds is 6. The van der Waals surface area contributed by atoms with Crippen molar-refractivity contribution in [2.45, 2.75) is 38.6 Å². The van der Waals surface area contributed by atoms with Crippen molar-refractivity contribution in [1.29, 1.82) is 0 Å². The number of aromatic nitrogens is 2. The summed E-state index contributed by atoms with van der Waals surface area (Å²) in [7, 11) is 0. The van der Waals surface area contributed by atoms with Crippen molar-refractivity contribution in [3.8, 4) is 0 Å². The molecule has 1 amide bonds. The summed E-state index contributed by atoms with van der Waals surface area (Å²) in [5.74, 6) is -0.0525. The average Bonchev–Trinajstić information content (AvgIpc) is 3.16. The van der Waals surface area contributed by atoms with E-state index in [-0.39, 0.29) is 17.2 Å². The summed E-state index contributed by atoms with van der Waals surface area (Å²) in [5, 5.41) is 3.24. The molecule has 0 bridgehead atoms. The van der Waals surface area contributed by atoms with Crippen molar-refractivity contribution in [2.75, 3.05) is 19.8 Å². The zero-order chi connectivity index (χ0) is 20.3. The molecule has 3 aromatic rings. The Morgan fingerprint density at radius 3 is 2.66 bits per heavy atom. The largest absolute Gasteiger partial charge is 0.381 e. The van der Waals surface area contributed by atoms with E-state index in [1.165, 1.54) is 11.1 Å². The molecule has 1 fully saturated rings. The molecule has 1 saturated heterocycles. The second kappa shape index (κ2) is 8.37. The number of carbonyl (C=O) groups is 1. The highest BCUT2D eigenvalue weighted by Crippen LogP contribution is 2.34. The summed E-state index contributed by atoms with van der Waals surface area (Å²) in [5.41, 5.74) is 4.51. The van der Waals surface area contributed by atoms with Crippen molar-refractivity contribution < 1.29 is 9.53 Å².